The summed E-state index contributed by atoms with van der Waals surface area (Å²) in [6.07, 6.45) is 3.06. The summed E-state index contributed by atoms with van der Waals surface area (Å²) in [4.78, 5) is 13.9. The van der Waals surface area contributed by atoms with Crippen LogP contribution in [0.25, 0.3) is 0 Å². The molecule has 1 amide bonds. The van der Waals surface area contributed by atoms with Gasteiger partial charge in [-0.1, -0.05) is 0 Å². The van der Waals surface area contributed by atoms with E-state index in [0.29, 0.717) is 18.8 Å². The minimum absolute atomic E-state index is 0.129. The molecule has 0 aliphatic carbocycles. The van der Waals surface area contributed by atoms with Crippen molar-refractivity contribution in [2.45, 2.75) is 12.8 Å². The Morgan fingerprint density at radius 3 is 2.29 bits per heavy atom. The maximum Gasteiger partial charge on any atom is 0.237 e. The Morgan fingerprint density at radius 1 is 1.17 bits per heavy atom. The van der Waals surface area contributed by atoms with Gasteiger partial charge in [0.15, 0.2) is 0 Å². The Labute approximate surface area is 143 Å². The van der Waals surface area contributed by atoms with Gasteiger partial charge in [0.2, 0.25) is 15.9 Å². The lowest BCUT2D eigenvalue weighted by molar-refractivity contribution is -0.130. The molecule has 0 atom stereocenters. The smallest absolute Gasteiger partial charge is 0.237 e. The van der Waals surface area contributed by atoms with E-state index >= 15 is 0 Å². The predicted octanol–water partition coefficient (Wildman–Crippen LogP) is 0.958. The molecule has 1 saturated heterocycles. The molecule has 1 heterocycles. The highest BCUT2D eigenvalue weighted by Crippen LogP contribution is 2.17. The first-order chi connectivity index (χ1) is 11.4. The van der Waals surface area contributed by atoms with Gasteiger partial charge >= 0.3 is 0 Å². The highest BCUT2D eigenvalue weighted by atomic mass is 32.2. The number of rotatable bonds is 8. The number of sulfonamides is 1. The van der Waals surface area contributed by atoms with Crippen molar-refractivity contribution in [3.05, 3.63) is 24.3 Å². The summed E-state index contributed by atoms with van der Waals surface area (Å²) in [6, 6.07) is 7.03. The summed E-state index contributed by atoms with van der Waals surface area (Å²) in [5.74, 6) is 1.19. The van der Waals surface area contributed by atoms with Crippen LogP contribution in [0.3, 0.4) is 0 Å². The van der Waals surface area contributed by atoms with Gasteiger partial charge in [-0.2, -0.15) is 4.31 Å². The molecule has 1 aromatic carbocycles. The zero-order valence-electron chi connectivity index (χ0n) is 14.1. The average molecular weight is 356 g/mol. The summed E-state index contributed by atoms with van der Waals surface area (Å²) in [5.41, 5.74) is 0. The largest absolute Gasteiger partial charge is 0.497 e. The van der Waals surface area contributed by atoms with Crippen molar-refractivity contribution in [2.75, 3.05) is 46.2 Å². The van der Waals surface area contributed by atoms with Crippen LogP contribution in [0.2, 0.25) is 0 Å². The fourth-order valence-corrected chi connectivity index (χ4v) is 3.27. The van der Waals surface area contributed by atoms with Crippen molar-refractivity contribution < 1.29 is 22.7 Å². The Hall–Kier alpha value is -1.80. The summed E-state index contributed by atoms with van der Waals surface area (Å²) < 4.78 is 35.6. The molecule has 1 aliphatic heterocycles. The Balaban J connectivity index is 1.87. The van der Waals surface area contributed by atoms with Crippen LogP contribution in [0.15, 0.2) is 24.3 Å². The highest BCUT2D eigenvalue weighted by Gasteiger charge is 2.25. The first-order valence-corrected chi connectivity index (χ1v) is 9.75. The summed E-state index contributed by atoms with van der Waals surface area (Å²) >= 11 is 0. The van der Waals surface area contributed by atoms with Crippen LogP contribution < -0.4 is 9.47 Å². The van der Waals surface area contributed by atoms with E-state index in [9.17, 15) is 13.2 Å². The second-order valence-electron chi connectivity index (χ2n) is 5.71. The molecule has 0 N–H and O–H groups in total. The van der Waals surface area contributed by atoms with Crippen molar-refractivity contribution in [1.82, 2.24) is 9.21 Å². The quantitative estimate of drug-likeness (QED) is 0.693. The minimum atomic E-state index is -3.47. The molecular formula is C16H24N2O5S. The molecule has 0 radical (unpaired) electrons. The summed E-state index contributed by atoms with van der Waals surface area (Å²) in [6.45, 7) is 1.58. The number of amides is 1. The SMILES string of the molecule is COc1ccc(OCCN(CC(=O)N2CCCC2)S(C)(=O)=O)cc1. The number of hydrogen-bond donors (Lipinski definition) is 0. The first kappa shape index (κ1) is 18.5. The molecule has 134 valence electrons. The van der Waals surface area contributed by atoms with Crippen molar-refractivity contribution >= 4 is 15.9 Å². The van der Waals surface area contributed by atoms with E-state index in [-0.39, 0.29) is 25.6 Å². The molecule has 7 nitrogen and oxygen atoms in total. The van der Waals surface area contributed by atoms with Crippen LogP contribution in [0.5, 0.6) is 11.5 Å². The number of nitrogens with zero attached hydrogens (tertiary/aromatic N) is 2. The van der Waals surface area contributed by atoms with Gasteiger partial charge in [0, 0.05) is 19.6 Å². The van der Waals surface area contributed by atoms with Gasteiger partial charge in [-0.05, 0) is 37.1 Å². The van der Waals surface area contributed by atoms with Gasteiger partial charge in [0.1, 0.15) is 18.1 Å². The van der Waals surface area contributed by atoms with Crippen molar-refractivity contribution in [2.24, 2.45) is 0 Å². The van der Waals surface area contributed by atoms with E-state index in [1.807, 2.05) is 0 Å². The van der Waals surface area contributed by atoms with Gasteiger partial charge in [0.05, 0.1) is 19.9 Å². The fourth-order valence-electron chi connectivity index (χ4n) is 2.52. The van der Waals surface area contributed by atoms with Crippen molar-refractivity contribution in [3.63, 3.8) is 0 Å². The zero-order valence-corrected chi connectivity index (χ0v) is 14.9. The molecule has 1 fully saturated rings. The number of benzene rings is 1. The number of carbonyl (C=O) groups is 1. The molecule has 24 heavy (non-hydrogen) atoms. The normalized spacial score (nSPS) is 14.9. The lowest BCUT2D eigenvalue weighted by atomic mass is 10.3. The van der Waals surface area contributed by atoms with E-state index in [1.165, 1.54) is 0 Å². The number of hydrogen-bond acceptors (Lipinski definition) is 5. The van der Waals surface area contributed by atoms with Crippen LogP contribution in [0.1, 0.15) is 12.8 Å². The number of likely N-dealkylation sites (tertiary alicyclic amines) is 1. The molecule has 0 saturated carbocycles. The average Bonchev–Trinajstić information content (AvgIpc) is 3.08. The molecule has 8 heteroatoms. The zero-order chi connectivity index (χ0) is 17.6. The second kappa shape index (κ2) is 8.34. The van der Waals surface area contributed by atoms with E-state index in [2.05, 4.69) is 0 Å². The van der Waals surface area contributed by atoms with E-state index in [1.54, 1.807) is 36.3 Å². The van der Waals surface area contributed by atoms with Crippen LogP contribution in [-0.2, 0) is 14.8 Å². The van der Waals surface area contributed by atoms with Crippen LogP contribution >= 0.6 is 0 Å². The fraction of sp³-hybridized carbons (Fsp3) is 0.562. The lowest BCUT2D eigenvalue weighted by Crippen LogP contribution is -2.43. The predicted molar refractivity (Wildman–Crippen MR) is 90.7 cm³/mol. The van der Waals surface area contributed by atoms with E-state index < -0.39 is 10.0 Å². The van der Waals surface area contributed by atoms with E-state index in [4.69, 9.17) is 9.47 Å². The molecule has 0 aromatic heterocycles. The van der Waals surface area contributed by atoms with Crippen molar-refractivity contribution in [3.8, 4) is 11.5 Å². The van der Waals surface area contributed by atoms with Crippen LogP contribution in [0.4, 0.5) is 0 Å². The third-order valence-corrected chi connectivity index (χ3v) is 5.16. The van der Waals surface area contributed by atoms with E-state index in [0.717, 1.165) is 29.2 Å². The second-order valence-corrected chi connectivity index (χ2v) is 7.69. The van der Waals surface area contributed by atoms with Crippen molar-refractivity contribution in [1.29, 1.82) is 0 Å². The van der Waals surface area contributed by atoms with Gasteiger partial charge in [-0.3, -0.25) is 4.79 Å². The van der Waals surface area contributed by atoms with Gasteiger partial charge in [-0.15, -0.1) is 0 Å². The monoisotopic (exact) mass is 356 g/mol. The number of carbonyl (C=O) groups excluding carboxylic acids is 1. The third-order valence-electron chi connectivity index (χ3n) is 3.91. The Bertz CT molecular complexity index is 639. The minimum Gasteiger partial charge on any atom is -0.497 e. The molecule has 2 rings (SSSR count). The Morgan fingerprint density at radius 2 is 1.75 bits per heavy atom. The maximum absolute atomic E-state index is 12.2. The van der Waals surface area contributed by atoms with Crippen LogP contribution in [0, 0.1) is 0 Å². The van der Waals surface area contributed by atoms with Gasteiger partial charge in [-0.25, -0.2) is 8.42 Å². The highest BCUT2D eigenvalue weighted by molar-refractivity contribution is 7.88. The van der Waals surface area contributed by atoms with Gasteiger partial charge in [0.25, 0.3) is 0 Å². The molecule has 0 bridgehead atoms. The first-order valence-electron chi connectivity index (χ1n) is 7.90. The number of methoxy groups -OCH3 is 1. The standard InChI is InChI=1S/C16H24N2O5S/c1-22-14-5-7-15(8-6-14)23-12-11-18(24(2,20)21)13-16(19)17-9-3-4-10-17/h5-8H,3-4,9-13H2,1-2H3. The van der Waals surface area contributed by atoms with Gasteiger partial charge < -0.3 is 14.4 Å². The molecular weight excluding hydrogens is 332 g/mol. The third kappa shape index (κ3) is 5.38. The Kier molecular flexibility index (Phi) is 6.44. The molecule has 0 spiro atoms. The lowest BCUT2D eigenvalue weighted by Gasteiger charge is -2.23. The molecule has 1 aromatic rings. The molecule has 0 unspecified atom stereocenters. The number of ether oxygens (including phenoxy) is 2. The topological polar surface area (TPSA) is 76.2 Å². The van der Waals surface area contributed by atoms with Crippen LogP contribution in [-0.4, -0.2) is 69.7 Å². The summed E-state index contributed by atoms with van der Waals surface area (Å²) in [7, 11) is -1.89. The maximum atomic E-state index is 12.2. The summed E-state index contributed by atoms with van der Waals surface area (Å²) in [5, 5.41) is 0. The molecule has 1 aliphatic rings.